The van der Waals surface area contributed by atoms with Crippen LogP contribution in [0.5, 0.6) is 0 Å². The highest BCUT2D eigenvalue weighted by Gasteiger charge is 2.21. The van der Waals surface area contributed by atoms with Gasteiger partial charge < -0.3 is 14.8 Å². The summed E-state index contributed by atoms with van der Waals surface area (Å²) in [6.45, 7) is 5.07. The lowest BCUT2D eigenvalue weighted by Crippen LogP contribution is -2.27. The summed E-state index contributed by atoms with van der Waals surface area (Å²) in [6.07, 6.45) is 1.60. The molecule has 0 radical (unpaired) electrons. The number of nitrogens with zero attached hydrogens (tertiary/aromatic N) is 1. The minimum Gasteiger partial charge on any atom is -0.382 e. The first-order chi connectivity index (χ1) is 8.83. The maximum absolute atomic E-state index is 11.9. The van der Waals surface area contributed by atoms with Crippen LogP contribution >= 0.6 is 0 Å². The zero-order valence-corrected chi connectivity index (χ0v) is 10.6. The van der Waals surface area contributed by atoms with Gasteiger partial charge in [-0.2, -0.15) is 5.10 Å². The van der Waals surface area contributed by atoms with Crippen molar-refractivity contribution in [2.24, 2.45) is 0 Å². The smallest absolute Gasteiger partial charge is 0.272 e. The molecule has 0 aliphatic carbocycles. The maximum atomic E-state index is 11.9. The van der Waals surface area contributed by atoms with Crippen LogP contribution in [0.15, 0.2) is 0 Å². The van der Waals surface area contributed by atoms with E-state index in [4.69, 9.17) is 9.47 Å². The highest BCUT2D eigenvalue weighted by molar-refractivity contribution is 5.93. The van der Waals surface area contributed by atoms with E-state index in [1.165, 1.54) is 0 Å². The summed E-state index contributed by atoms with van der Waals surface area (Å²) in [5.41, 5.74) is 2.37. The molecule has 2 N–H and O–H groups in total. The number of carbonyl (C=O) groups excluding carboxylic acids is 1. The molecule has 0 unspecified atom stereocenters. The van der Waals surface area contributed by atoms with Gasteiger partial charge >= 0.3 is 0 Å². The van der Waals surface area contributed by atoms with Crippen LogP contribution < -0.4 is 5.32 Å². The van der Waals surface area contributed by atoms with Crippen molar-refractivity contribution in [1.82, 2.24) is 15.5 Å². The van der Waals surface area contributed by atoms with Gasteiger partial charge in [0.1, 0.15) is 0 Å². The summed E-state index contributed by atoms with van der Waals surface area (Å²) in [6, 6.07) is 0. The predicted molar refractivity (Wildman–Crippen MR) is 65.4 cm³/mol. The number of H-pyrrole nitrogens is 1. The second kappa shape index (κ2) is 6.51. The van der Waals surface area contributed by atoms with E-state index >= 15 is 0 Å². The molecular formula is C12H19N3O3. The van der Waals surface area contributed by atoms with Gasteiger partial charge in [-0.1, -0.05) is 0 Å². The van der Waals surface area contributed by atoms with Gasteiger partial charge in [-0.3, -0.25) is 9.89 Å². The van der Waals surface area contributed by atoms with Crippen molar-refractivity contribution in [3.63, 3.8) is 0 Å². The number of hydrogen-bond donors (Lipinski definition) is 2. The van der Waals surface area contributed by atoms with E-state index in [2.05, 4.69) is 15.5 Å². The summed E-state index contributed by atoms with van der Waals surface area (Å²) in [7, 11) is 0. The molecule has 0 fully saturated rings. The monoisotopic (exact) mass is 253 g/mol. The maximum Gasteiger partial charge on any atom is 0.272 e. The van der Waals surface area contributed by atoms with Gasteiger partial charge in [0.2, 0.25) is 0 Å². The molecule has 0 spiro atoms. The Bertz CT molecular complexity index is 403. The molecule has 1 amide bonds. The largest absolute Gasteiger partial charge is 0.382 e. The Hall–Kier alpha value is -1.40. The van der Waals surface area contributed by atoms with Gasteiger partial charge in [-0.15, -0.1) is 0 Å². The van der Waals surface area contributed by atoms with Crippen LogP contribution in [0.4, 0.5) is 0 Å². The molecule has 0 saturated carbocycles. The molecule has 2 heterocycles. The summed E-state index contributed by atoms with van der Waals surface area (Å²) in [4.78, 5) is 11.9. The Morgan fingerprint density at radius 2 is 2.50 bits per heavy atom. The molecule has 0 saturated heterocycles. The number of fused-ring (bicyclic) bond motifs is 1. The fourth-order valence-electron chi connectivity index (χ4n) is 1.90. The molecule has 1 aliphatic rings. The third-order valence-electron chi connectivity index (χ3n) is 2.87. The highest BCUT2D eigenvalue weighted by atomic mass is 16.5. The number of amides is 1. The zero-order valence-electron chi connectivity index (χ0n) is 10.6. The lowest BCUT2D eigenvalue weighted by Gasteiger charge is -2.12. The van der Waals surface area contributed by atoms with E-state index in [-0.39, 0.29) is 5.91 Å². The average molecular weight is 253 g/mol. The zero-order chi connectivity index (χ0) is 12.8. The molecule has 100 valence electrons. The molecular weight excluding hydrogens is 234 g/mol. The molecule has 1 aromatic rings. The van der Waals surface area contributed by atoms with Crippen LogP contribution in [0, 0.1) is 0 Å². The van der Waals surface area contributed by atoms with Crippen LogP contribution in [0.25, 0.3) is 0 Å². The summed E-state index contributed by atoms with van der Waals surface area (Å²) in [5.74, 6) is -0.144. The third-order valence-corrected chi connectivity index (χ3v) is 2.87. The molecule has 0 atom stereocenters. The Morgan fingerprint density at radius 3 is 3.33 bits per heavy atom. The van der Waals surface area contributed by atoms with Crippen LogP contribution in [0.3, 0.4) is 0 Å². The molecule has 0 aromatic carbocycles. The van der Waals surface area contributed by atoms with E-state index in [0.717, 1.165) is 24.1 Å². The van der Waals surface area contributed by atoms with Crippen molar-refractivity contribution in [3.8, 4) is 0 Å². The number of hydrogen-bond acceptors (Lipinski definition) is 4. The Kier molecular flexibility index (Phi) is 4.72. The van der Waals surface area contributed by atoms with Crippen LogP contribution in [0.1, 0.15) is 35.1 Å². The standard InChI is InChI=1S/C12H19N3O3/c1-2-17-6-3-5-13-12(16)11-9-8-18-7-4-10(9)14-15-11/h2-8H2,1H3,(H,13,16)(H,14,15). The fourth-order valence-corrected chi connectivity index (χ4v) is 1.90. The molecule has 1 aliphatic heterocycles. The molecule has 6 nitrogen and oxygen atoms in total. The number of carbonyl (C=O) groups is 1. The van der Waals surface area contributed by atoms with Gasteiger partial charge in [0.05, 0.1) is 13.2 Å². The predicted octanol–water partition coefficient (Wildman–Crippen LogP) is 0.639. The van der Waals surface area contributed by atoms with Gasteiger partial charge in [0.15, 0.2) is 5.69 Å². The molecule has 1 aromatic heterocycles. The number of nitrogens with one attached hydrogen (secondary N) is 2. The molecule has 18 heavy (non-hydrogen) atoms. The molecule has 2 rings (SSSR count). The van der Waals surface area contributed by atoms with Gasteiger partial charge in [0, 0.05) is 37.4 Å². The van der Waals surface area contributed by atoms with E-state index < -0.39 is 0 Å². The van der Waals surface area contributed by atoms with Crippen molar-refractivity contribution < 1.29 is 14.3 Å². The lowest BCUT2D eigenvalue weighted by atomic mass is 10.1. The SMILES string of the molecule is CCOCCCNC(=O)c1n[nH]c2c1COCC2. The summed E-state index contributed by atoms with van der Waals surface area (Å²) in [5, 5.41) is 9.80. The van der Waals surface area contributed by atoms with Crippen LogP contribution in [-0.2, 0) is 22.5 Å². The summed E-state index contributed by atoms with van der Waals surface area (Å²) >= 11 is 0. The van der Waals surface area contributed by atoms with E-state index in [1.54, 1.807) is 0 Å². The lowest BCUT2D eigenvalue weighted by molar-refractivity contribution is 0.0917. The van der Waals surface area contributed by atoms with E-state index in [1.807, 2.05) is 6.92 Å². The minimum absolute atomic E-state index is 0.144. The Morgan fingerprint density at radius 1 is 1.61 bits per heavy atom. The van der Waals surface area contributed by atoms with Gasteiger partial charge in [-0.05, 0) is 13.3 Å². The first-order valence-electron chi connectivity index (χ1n) is 6.32. The van der Waals surface area contributed by atoms with Crippen molar-refractivity contribution >= 4 is 5.91 Å². The Balaban J connectivity index is 1.83. The van der Waals surface area contributed by atoms with E-state index in [9.17, 15) is 4.79 Å². The molecule has 6 heteroatoms. The highest BCUT2D eigenvalue weighted by Crippen LogP contribution is 2.17. The quantitative estimate of drug-likeness (QED) is 0.729. The third kappa shape index (κ3) is 3.08. The van der Waals surface area contributed by atoms with Crippen molar-refractivity contribution in [3.05, 3.63) is 17.0 Å². The van der Waals surface area contributed by atoms with Crippen LogP contribution in [0.2, 0.25) is 0 Å². The van der Waals surface area contributed by atoms with Gasteiger partial charge in [0.25, 0.3) is 5.91 Å². The topological polar surface area (TPSA) is 76.2 Å². The van der Waals surface area contributed by atoms with E-state index in [0.29, 0.717) is 38.7 Å². The minimum atomic E-state index is -0.144. The average Bonchev–Trinajstić information content (AvgIpc) is 2.82. The number of aromatic nitrogens is 2. The second-order valence-electron chi connectivity index (χ2n) is 4.14. The van der Waals surface area contributed by atoms with Gasteiger partial charge in [-0.25, -0.2) is 0 Å². The Labute approximate surface area is 106 Å². The first-order valence-corrected chi connectivity index (χ1v) is 6.32. The first kappa shape index (κ1) is 13.0. The van der Waals surface area contributed by atoms with Crippen molar-refractivity contribution in [2.75, 3.05) is 26.4 Å². The van der Waals surface area contributed by atoms with Crippen molar-refractivity contribution in [2.45, 2.75) is 26.4 Å². The number of ether oxygens (including phenoxy) is 2. The molecule has 0 bridgehead atoms. The fraction of sp³-hybridized carbons (Fsp3) is 0.667. The second-order valence-corrected chi connectivity index (χ2v) is 4.14. The number of aromatic amines is 1. The normalized spacial score (nSPS) is 14.3. The van der Waals surface area contributed by atoms with Crippen LogP contribution in [-0.4, -0.2) is 42.5 Å². The summed E-state index contributed by atoms with van der Waals surface area (Å²) < 4.78 is 10.5. The van der Waals surface area contributed by atoms with Crippen molar-refractivity contribution in [1.29, 1.82) is 0 Å². The number of rotatable bonds is 6.